The van der Waals surface area contributed by atoms with Crippen molar-refractivity contribution in [2.24, 2.45) is 0 Å². The van der Waals surface area contributed by atoms with E-state index in [2.05, 4.69) is 4.98 Å². The Balaban J connectivity index is 2.54. The lowest BCUT2D eigenvalue weighted by Gasteiger charge is -2.00. The predicted molar refractivity (Wildman–Crippen MR) is 68.8 cm³/mol. The number of nitrogen functional groups attached to an aromatic ring is 1. The third kappa shape index (κ3) is 2.12. The van der Waals surface area contributed by atoms with Crippen molar-refractivity contribution in [3.8, 4) is 11.3 Å². The minimum atomic E-state index is 0.683. The summed E-state index contributed by atoms with van der Waals surface area (Å²) in [6.45, 7) is 0. The van der Waals surface area contributed by atoms with Crippen molar-refractivity contribution in [3.05, 3.63) is 29.3 Å². The Morgan fingerprint density at radius 3 is 2.73 bits per heavy atom. The fourth-order valence-corrected chi connectivity index (χ4v) is 2.83. The first kappa shape index (κ1) is 10.8. The number of halogens is 1. The zero-order valence-corrected chi connectivity index (χ0v) is 10.4. The van der Waals surface area contributed by atoms with Crippen LogP contribution in [0.25, 0.3) is 11.3 Å². The third-order valence-electron chi connectivity index (χ3n) is 1.94. The van der Waals surface area contributed by atoms with Crippen LogP contribution in [0.1, 0.15) is 0 Å². The molecule has 15 heavy (non-hydrogen) atoms. The molecule has 78 valence electrons. The van der Waals surface area contributed by atoms with Crippen molar-refractivity contribution in [3.63, 3.8) is 0 Å². The molecule has 2 N–H and O–H groups in total. The Morgan fingerprint density at radius 2 is 2.13 bits per heavy atom. The molecule has 1 aromatic carbocycles. The van der Waals surface area contributed by atoms with Crippen LogP contribution in [0.2, 0.25) is 5.02 Å². The van der Waals surface area contributed by atoms with Gasteiger partial charge in [-0.25, -0.2) is 4.98 Å². The van der Waals surface area contributed by atoms with Crippen LogP contribution in [0.5, 0.6) is 0 Å². The molecule has 2 rings (SSSR count). The highest BCUT2D eigenvalue weighted by Gasteiger charge is 2.12. The number of anilines is 1. The summed E-state index contributed by atoms with van der Waals surface area (Å²) in [4.78, 5) is 4.43. The van der Waals surface area contributed by atoms with Gasteiger partial charge in [0, 0.05) is 5.56 Å². The molecule has 0 bridgehead atoms. The van der Waals surface area contributed by atoms with E-state index in [1.807, 2.05) is 30.5 Å². The van der Waals surface area contributed by atoms with Gasteiger partial charge in [-0.2, -0.15) is 0 Å². The number of rotatable bonds is 2. The summed E-state index contributed by atoms with van der Waals surface area (Å²) < 4.78 is 0.961. The highest BCUT2D eigenvalue weighted by Crippen LogP contribution is 2.37. The molecular formula is C10H9ClN2S2. The second-order valence-electron chi connectivity index (χ2n) is 2.88. The number of nitrogens with two attached hydrogens (primary N) is 1. The fourth-order valence-electron chi connectivity index (χ4n) is 1.25. The molecule has 0 saturated carbocycles. The summed E-state index contributed by atoms with van der Waals surface area (Å²) in [6.07, 6.45) is 1.98. The van der Waals surface area contributed by atoms with Crippen LogP contribution in [-0.2, 0) is 0 Å². The maximum absolute atomic E-state index is 6.09. The van der Waals surface area contributed by atoms with Crippen LogP contribution in [0, 0.1) is 0 Å². The molecule has 1 aromatic heterocycles. The van der Waals surface area contributed by atoms with Crippen LogP contribution in [0.4, 0.5) is 5.00 Å². The lowest BCUT2D eigenvalue weighted by atomic mass is 10.2. The largest absolute Gasteiger partial charge is 0.389 e. The summed E-state index contributed by atoms with van der Waals surface area (Å²) in [7, 11) is 0. The lowest BCUT2D eigenvalue weighted by molar-refractivity contribution is 1.26. The summed E-state index contributed by atoms with van der Waals surface area (Å²) >= 11 is 9.16. The van der Waals surface area contributed by atoms with E-state index in [0.29, 0.717) is 10.0 Å². The second kappa shape index (κ2) is 4.43. The van der Waals surface area contributed by atoms with Crippen LogP contribution in [0.15, 0.2) is 28.6 Å². The predicted octanol–water partition coefficient (Wildman–Crippen LogP) is 3.77. The summed E-state index contributed by atoms with van der Waals surface area (Å²) in [5.41, 5.74) is 7.59. The highest BCUT2D eigenvalue weighted by atomic mass is 35.5. The van der Waals surface area contributed by atoms with Crippen molar-refractivity contribution >= 4 is 39.7 Å². The average Bonchev–Trinajstić information content (AvgIpc) is 2.60. The molecule has 0 aliphatic carbocycles. The molecule has 0 atom stereocenters. The van der Waals surface area contributed by atoms with E-state index in [4.69, 9.17) is 17.3 Å². The van der Waals surface area contributed by atoms with Gasteiger partial charge in [-0.1, -0.05) is 52.9 Å². The molecule has 1 heterocycles. The SMILES string of the molecule is CSc1nc(-c2ccccc2Cl)c(N)s1. The van der Waals surface area contributed by atoms with E-state index in [1.165, 1.54) is 11.3 Å². The van der Waals surface area contributed by atoms with Gasteiger partial charge in [0.25, 0.3) is 0 Å². The van der Waals surface area contributed by atoms with E-state index in [-0.39, 0.29) is 0 Å². The molecule has 0 aliphatic heterocycles. The molecule has 0 spiro atoms. The lowest BCUT2D eigenvalue weighted by Crippen LogP contribution is -1.86. The van der Waals surface area contributed by atoms with Gasteiger partial charge in [0.1, 0.15) is 10.7 Å². The van der Waals surface area contributed by atoms with Crippen molar-refractivity contribution in [1.29, 1.82) is 0 Å². The normalized spacial score (nSPS) is 10.5. The van der Waals surface area contributed by atoms with Crippen molar-refractivity contribution in [2.45, 2.75) is 4.34 Å². The van der Waals surface area contributed by atoms with Crippen LogP contribution >= 0.6 is 34.7 Å². The zero-order chi connectivity index (χ0) is 10.8. The Bertz CT molecular complexity index is 482. The Morgan fingerprint density at radius 1 is 1.40 bits per heavy atom. The maximum atomic E-state index is 6.09. The fraction of sp³-hybridized carbons (Fsp3) is 0.100. The first-order chi connectivity index (χ1) is 7.22. The van der Waals surface area contributed by atoms with E-state index < -0.39 is 0 Å². The Labute approximate surface area is 101 Å². The van der Waals surface area contributed by atoms with Gasteiger partial charge in [0.2, 0.25) is 0 Å². The molecule has 2 aromatic rings. The van der Waals surface area contributed by atoms with Gasteiger partial charge in [-0.05, 0) is 12.3 Å². The van der Waals surface area contributed by atoms with Crippen LogP contribution in [-0.4, -0.2) is 11.2 Å². The van der Waals surface area contributed by atoms with Crippen LogP contribution in [0.3, 0.4) is 0 Å². The third-order valence-corrected chi connectivity index (χ3v) is 4.14. The summed E-state index contributed by atoms with van der Waals surface area (Å²) in [5, 5.41) is 1.40. The smallest absolute Gasteiger partial charge is 0.152 e. The van der Waals surface area contributed by atoms with E-state index >= 15 is 0 Å². The molecule has 0 unspecified atom stereocenters. The molecule has 5 heteroatoms. The monoisotopic (exact) mass is 256 g/mol. The topological polar surface area (TPSA) is 38.9 Å². The number of thiazole rings is 1. The summed E-state index contributed by atoms with van der Waals surface area (Å²) in [6, 6.07) is 7.59. The van der Waals surface area contributed by atoms with Crippen molar-refractivity contribution in [1.82, 2.24) is 4.98 Å². The van der Waals surface area contributed by atoms with Gasteiger partial charge >= 0.3 is 0 Å². The minimum absolute atomic E-state index is 0.683. The molecule has 0 saturated heterocycles. The molecule has 0 radical (unpaired) electrons. The van der Waals surface area contributed by atoms with Crippen molar-refractivity contribution in [2.75, 3.05) is 12.0 Å². The number of nitrogens with zero attached hydrogens (tertiary/aromatic N) is 1. The first-order valence-corrected chi connectivity index (χ1v) is 6.69. The molecule has 0 fully saturated rings. The van der Waals surface area contributed by atoms with E-state index in [9.17, 15) is 0 Å². The number of aromatic nitrogens is 1. The average molecular weight is 257 g/mol. The zero-order valence-electron chi connectivity index (χ0n) is 8.03. The maximum Gasteiger partial charge on any atom is 0.152 e. The molecule has 0 amide bonds. The first-order valence-electron chi connectivity index (χ1n) is 4.27. The standard InChI is InChI=1S/C10H9ClN2S2/c1-14-10-13-8(9(12)15-10)6-4-2-3-5-7(6)11/h2-5H,12H2,1H3. The van der Waals surface area contributed by atoms with Gasteiger partial charge in [0.15, 0.2) is 4.34 Å². The van der Waals surface area contributed by atoms with Crippen molar-refractivity contribution < 1.29 is 0 Å². The van der Waals surface area contributed by atoms with Gasteiger partial charge in [-0.3, -0.25) is 0 Å². The van der Waals surface area contributed by atoms with Gasteiger partial charge < -0.3 is 5.73 Å². The second-order valence-corrected chi connectivity index (χ2v) is 5.37. The van der Waals surface area contributed by atoms with Gasteiger partial charge in [0.05, 0.1) is 5.02 Å². The number of thioether (sulfide) groups is 1. The number of hydrogen-bond donors (Lipinski definition) is 1. The highest BCUT2D eigenvalue weighted by molar-refractivity contribution is 8.00. The van der Waals surface area contributed by atoms with Crippen LogP contribution < -0.4 is 5.73 Å². The minimum Gasteiger partial charge on any atom is -0.389 e. The quantitative estimate of drug-likeness (QED) is 0.832. The van der Waals surface area contributed by atoms with E-state index in [1.54, 1.807) is 11.8 Å². The number of hydrogen-bond acceptors (Lipinski definition) is 4. The molecular weight excluding hydrogens is 248 g/mol. The Kier molecular flexibility index (Phi) is 3.19. The number of benzene rings is 1. The molecule has 0 aliphatic rings. The van der Waals surface area contributed by atoms with Gasteiger partial charge in [-0.15, -0.1) is 0 Å². The Hall–Kier alpha value is -0.710. The van der Waals surface area contributed by atoms with E-state index in [0.717, 1.165) is 15.6 Å². The molecule has 2 nitrogen and oxygen atoms in total. The summed E-state index contributed by atoms with van der Waals surface area (Å²) in [5.74, 6) is 0.